The van der Waals surface area contributed by atoms with Crippen molar-refractivity contribution in [2.24, 2.45) is 5.92 Å². The molecule has 1 aliphatic heterocycles. The third-order valence-electron chi connectivity index (χ3n) is 3.41. The molecule has 2 amide bonds. The third kappa shape index (κ3) is 5.36. The molecule has 6 heteroatoms. The summed E-state index contributed by atoms with van der Waals surface area (Å²) < 4.78 is 0. The first-order valence-corrected chi connectivity index (χ1v) is 6.70. The lowest BCUT2D eigenvalue weighted by Crippen LogP contribution is -2.47. The lowest BCUT2D eigenvalue weighted by atomic mass is 9.95. The number of aliphatic hydroxyl groups excluding tert-OH is 1. The first kappa shape index (κ1) is 16.8. The molecule has 1 heterocycles. The SMILES string of the molecule is Cl.O=C(NCc1ccccc1)NC[C@@H]1CCNC[C@H]1O. The normalized spacial score (nSPS) is 21.6. The number of urea groups is 1. The Labute approximate surface area is 125 Å². The Balaban J connectivity index is 0.00000200. The number of hydrogen-bond acceptors (Lipinski definition) is 3. The summed E-state index contributed by atoms with van der Waals surface area (Å²) in [6.45, 7) is 2.54. The van der Waals surface area contributed by atoms with E-state index in [1.807, 2.05) is 30.3 Å². The predicted molar refractivity (Wildman–Crippen MR) is 80.9 cm³/mol. The van der Waals surface area contributed by atoms with Crippen LogP contribution in [0.5, 0.6) is 0 Å². The number of carbonyl (C=O) groups excluding carboxylic acids is 1. The quantitative estimate of drug-likeness (QED) is 0.667. The van der Waals surface area contributed by atoms with Crippen LogP contribution in [-0.4, -0.2) is 36.9 Å². The van der Waals surface area contributed by atoms with Gasteiger partial charge < -0.3 is 21.1 Å². The maximum atomic E-state index is 11.6. The average Bonchev–Trinajstić information content (AvgIpc) is 2.45. The smallest absolute Gasteiger partial charge is 0.315 e. The molecule has 1 aromatic rings. The van der Waals surface area contributed by atoms with Crippen molar-refractivity contribution in [3.8, 4) is 0 Å². The highest BCUT2D eigenvalue weighted by Gasteiger charge is 2.22. The van der Waals surface area contributed by atoms with Gasteiger partial charge in [0.25, 0.3) is 0 Å². The molecule has 4 N–H and O–H groups in total. The van der Waals surface area contributed by atoms with Crippen molar-refractivity contribution in [2.45, 2.75) is 19.1 Å². The molecule has 1 saturated heterocycles. The molecule has 1 fully saturated rings. The zero-order valence-corrected chi connectivity index (χ0v) is 12.2. The average molecular weight is 300 g/mol. The second-order valence-corrected chi connectivity index (χ2v) is 4.87. The molecule has 1 aliphatic rings. The van der Waals surface area contributed by atoms with Gasteiger partial charge in [-0.15, -0.1) is 12.4 Å². The van der Waals surface area contributed by atoms with Gasteiger partial charge in [0.2, 0.25) is 0 Å². The summed E-state index contributed by atoms with van der Waals surface area (Å²) in [4.78, 5) is 11.6. The van der Waals surface area contributed by atoms with Gasteiger partial charge in [0.15, 0.2) is 0 Å². The zero-order valence-electron chi connectivity index (χ0n) is 11.3. The van der Waals surface area contributed by atoms with Gasteiger partial charge in [-0.1, -0.05) is 30.3 Å². The Bertz CT molecular complexity index is 403. The minimum Gasteiger partial charge on any atom is -0.391 e. The number of rotatable bonds is 4. The lowest BCUT2D eigenvalue weighted by Gasteiger charge is -2.28. The van der Waals surface area contributed by atoms with E-state index in [0.29, 0.717) is 19.6 Å². The number of carbonyl (C=O) groups is 1. The van der Waals surface area contributed by atoms with E-state index < -0.39 is 0 Å². The highest BCUT2D eigenvalue weighted by molar-refractivity contribution is 5.85. The summed E-state index contributed by atoms with van der Waals surface area (Å²) >= 11 is 0. The fourth-order valence-corrected chi connectivity index (χ4v) is 2.20. The van der Waals surface area contributed by atoms with Crippen LogP contribution in [0.4, 0.5) is 4.79 Å². The Hall–Kier alpha value is -1.30. The van der Waals surface area contributed by atoms with Gasteiger partial charge in [-0.3, -0.25) is 0 Å². The Kier molecular flexibility index (Phi) is 7.36. The lowest BCUT2D eigenvalue weighted by molar-refractivity contribution is 0.0827. The molecule has 112 valence electrons. The first-order chi connectivity index (χ1) is 9.25. The molecule has 5 nitrogen and oxygen atoms in total. The van der Waals surface area contributed by atoms with E-state index in [1.54, 1.807) is 0 Å². The van der Waals surface area contributed by atoms with Gasteiger partial charge in [0.1, 0.15) is 0 Å². The number of β-amino-alcohol motifs (C(OH)–C–C–N with tert-alkyl or cyclic N) is 1. The Morgan fingerprint density at radius 1 is 1.30 bits per heavy atom. The Morgan fingerprint density at radius 3 is 2.75 bits per heavy atom. The number of nitrogens with one attached hydrogen (secondary N) is 3. The maximum absolute atomic E-state index is 11.6. The van der Waals surface area contributed by atoms with Crippen LogP contribution in [0.2, 0.25) is 0 Å². The summed E-state index contributed by atoms with van der Waals surface area (Å²) in [6, 6.07) is 9.59. The summed E-state index contributed by atoms with van der Waals surface area (Å²) in [5.41, 5.74) is 1.07. The second-order valence-electron chi connectivity index (χ2n) is 4.87. The topological polar surface area (TPSA) is 73.4 Å². The molecule has 0 saturated carbocycles. The van der Waals surface area contributed by atoms with E-state index in [9.17, 15) is 9.90 Å². The zero-order chi connectivity index (χ0) is 13.5. The number of benzene rings is 1. The predicted octanol–water partition coefficient (Wildman–Crippen LogP) is 0.878. The van der Waals surface area contributed by atoms with Crippen LogP contribution in [0.1, 0.15) is 12.0 Å². The Morgan fingerprint density at radius 2 is 2.05 bits per heavy atom. The van der Waals surface area contributed by atoms with Crippen LogP contribution < -0.4 is 16.0 Å². The number of aliphatic hydroxyl groups is 1. The highest BCUT2D eigenvalue weighted by atomic mass is 35.5. The van der Waals surface area contributed by atoms with E-state index >= 15 is 0 Å². The van der Waals surface area contributed by atoms with E-state index in [1.165, 1.54) is 0 Å². The number of piperidine rings is 1. The van der Waals surface area contributed by atoms with Crippen molar-refractivity contribution >= 4 is 18.4 Å². The number of halogens is 1. The van der Waals surface area contributed by atoms with Crippen LogP contribution in [-0.2, 0) is 6.54 Å². The fraction of sp³-hybridized carbons (Fsp3) is 0.500. The molecule has 0 spiro atoms. The van der Waals surface area contributed by atoms with Crippen molar-refractivity contribution in [3.05, 3.63) is 35.9 Å². The van der Waals surface area contributed by atoms with Crippen molar-refractivity contribution in [2.75, 3.05) is 19.6 Å². The minimum absolute atomic E-state index is 0. The van der Waals surface area contributed by atoms with Gasteiger partial charge in [-0.25, -0.2) is 4.79 Å². The van der Waals surface area contributed by atoms with Crippen molar-refractivity contribution in [3.63, 3.8) is 0 Å². The fourth-order valence-electron chi connectivity index (χ4n) is 2.20. The molecule has 1 aromatic carbocycles. The molecule has 0 unspecified atom stereocenters. The van der Waals surface area contributed by atoms with Gasteiger partial charge in [-0.2, -0.15) is 0 Å². The van der Waals surface area contributed by atoms with E-state index in [2.05, 4.69) is 16.0 Å². The van der Waals surface area contributed by atoms with Gasteiger partial charge in [-0.05, 0) is 18.5 Å². The second kappa shape index (κ2) is 8.79. The highest BCUT2D eigenvalue weighted by Crippen LogP contribution is 2.10. The van der Waals surface area contributed by atoms with Gasteiger partial charge in [0, 0.05) is 25.6 Å². The summed E-state index contributed by atoms with van der Waals surface area (Å²) in [5.74, 6) is 0.142. The minimum atomic E-state index is -0.372. The molecule has 0 radical (unpaired) electrons. The molecule has 0 aromatic heterocycles. The maximum Gasteiger partial charge on any atom is 0.315 e. The van der Waals surface area contributed by atoms with E-state index in [4.69, 9.17) is 0 Å². The van der Waals surface area contributed by atoms with Crippen LogP contribution in [0.15, 0.2) is 30.3 Å². The van der Waals surface area contributed by atoms with Crippen LogP contribution in [0.3, 0.4) is 0 Å². The summed E-state index contributed by atoms with van der Waals surface area (Å²) in [7, 11) is 0. The van der Waals surface area contributed by atoms with Crippen molar-refractivity contribution in [1.82, 2.24) is 16.0 Å². The first-order valence-electron chi connectivity index (χ1n) is 6.70. The molecule has 0 bridgehead atoms. The van der Waals surface area contributed by atoms with Crippen LogP contribution >= 0.6 is 12.4 Å². The van der Waals surface area contributed by atoms with E-state index in [0.717, 1.165) is 18.5 Å². The van der Waals surface area contributed by atoms with Crippen molar-refractivity contribution < 1.29 is 9.90 Å². The van der Waals surface area contributed by atoms with Crippen LogP contribution in [0, 0.1) is 5.92 Å². The van der Waals surface area contributed by atoms with E-state index in [-0.39, 0.29) is 30.5 Å². The molecule has 2 rings (SSSR count). The molecule has 20 heavy (non-hydrogen) atoms. The number of amides is 2. The number of hydrogen-bond donors (Lipinski definition) is 4. The monoisotopic (exact) mass is 299 g/mol. The van der Waals surface area contributed by atoms with Crippen molar-refractivity contribution in [1.29, 1.82) is 0 Å². The molecule has 0 aliphatic carbocycles. The largest absolute Gasteiger partial charge is 0.391 e. The molecular formula is C14H22ClN3O2. The standard InChI is InChI=1S/C14H21N3O2.ClH/c18-13-10-15-7-6-12(13)9-17-14(19)16-8-11-4-2-1-3-5-11;/h1-5,12-13,15,18H,6-10H2,(H2,16,17,19);1H/t12-,13+;/m0./s1. The van der Waals surface area contributed by atoms with Gasteiger partial charge in [0.05, 0.1) is 6.10 Å². The molecular weight excluding hydrogens is 278 g/mol. The van der Waals surface area contributed by atoms with Gasteiger partial charge >= 0.3 is 6.03 Å². The summed E-state index contributed by atoms with van der Waals surface area (Å²) in [5, 5.41) is 18.5. The third-order valence-corrected chi connectivity index (χ3v) is 3.41. The molecule has 2 atom stereocenters. The summed E-state index contributed by atoms with van der Waals surface area (Å²) in [6.07, 6.45) is 0.517. The van der Waals surface area contributed by atoms with Crippen LogP contribution in [0.25, 0.3) is 0 Å².